The number of amides is 1. The van der Waals surface area contributed by atoms with Gasteiger partial charge in [-0.25, -0.2) is 4.98 Å². The molecule has 3 heterocycles. The molecule has 21 heavy (non-hydrogen) atoms. The van der Waals surface area contributed by atoms with Crippen molar-refractivity contribution >= 4 is 17.2 Å². The summed E-state index contributed by atoms with van der Waals surface area (Å²) in [6.45, 7) is 7.22. The minimum absolute atomic E-state index is 0.310. The summed E-state index contributed by atoms with van der Waals surface area (Å²) in [5.41, 5.74) is 1.50. The van der Waals surface area contributed by atoms with Gasteiger partial charge >= 0.3 is 0 Å². The minimum atomic E-state index is 0.310. The van der Waals surface area contributed by atoms with Crippen molar-refractivity contribution in [1.29, 1.82) is 0 Å². The fourth-order valence-electron chi connectivity index (χ4n) is 4.13. The van der Waals surface area contributed by atoms with Crippen molar-refractivity contribution in [2.75, 3.05) is 26.2 Å². The van der Waals surface area contributed by atoms with E-state index >= 15 is 0 Å². The van der Waals surface area contributed by atoms with E-state index in [-0.39, 0.29) is 0 Å². The third-order valence-corrected chi connectivity index (χ3v) is 6.24. The largest absolute Gasteiger partial charge is 0.342 e. The molecular formula is C16H23N3OS. The lowest BCUT2D eigenvalue weighted by atomic mass is 10.0. The summed E-state index contributed by atoms with van der Waals surface area (Å²) >= 11 is 1.73. The van der Waals surface area contributed by atoms with Gasteiger partial charge in [0, 0.05) is 37.5 Å². The van der Waals surface area contributed by atoms with E-state index in [4.69, 9.17) is 0 Å². The maximum Gasteiger partial charge on any atom is 0.226 e. The van der Waals surface area contributed by atoms with Crippen LogP contribution in [0.3, 0.4) is 0 Å². The van der Waals surface area contributed by atoms with Crippen LogP contribution in [0.15, 0.2) is 5.38 Å². The number of carbonyl (C=O) groups is 1. The predicted molar refractivity (Wildman–Crippen MR) is 83.1 cm³/mol. The second kappa shape index (κ2) is 5.06. The molecule has 0 unspecified atom stereocenters. The molecule has 2 atom stereocenters. The molecule has 2 saturated heterocycles. The minimum Gasteiger partial charge on any atom is -0.342 e. The molecule has 4 nitrogen and oxygen atoms in total. The van der Waals surface area contributed by atoms with E-state index in [2.05, 4.69) is 27.1 Å². The molecule has 0 bridgehead atoms. The fourth-order valence-corrected chi connectivity index (χ4v) is 4.74. The highest BCUT2D eigenvalue weighted by Gasteiger charge is 2.61. The standard InChI is InChI=1S/C16H23N3OS/c1-12-17-13(10-21-12)9-18-7-4-16(11-18)8-14(16)15(20)19-5-2-3-6-19/h10,14H,2-9,11H2,1H3/t14-,16-/m0/s1. The number of likely N-dealkylation sites (tertiary alicyclic amines) is 2. The fraction of sp³-hybridized carbons (Fsp3) is 0.750. The van der Waals surface area contributed by atoms with Gasteiger partial charge in [0.15, 0.2) is 0 Å². The lowest BCUT2D eigenvalue weighted by Gasteiger charge is -2.18. The van der Waals surface area contributed by atoms with E-state index in [1.165, 1.54) is 25.0 Å². The van der Waals surface area contributed by atoms with E-state index in [1.54, 1.807) is 11.3 Å². The Balaban J connectivity index is 1.35. The van der Waals surface area contributed by atoms with Gasteiger partial charge in [-0.15, -0.1) is 11.3 Å². The average Bonchev–Trinajstić information content (AvgIpc) is 2.91. The van der Waals surface area contributed by atoms with Crippen LogP contribution in [-0.2, 0) is 11.3 Å². The van der Waals surface area contributed by atoms with Crippen LogP contribution in [-0.4, -0.2) is 46.9 Å². The Morgan fingerprint density at radius 2 is 2.24 bits per heavy atom. The van der Waals surface area contributed by atoms with Crippen molar-refractivity contribution in [2.24, 2.45) is 11.3 Å². The molecular weight excluding hydrogens is 282 g/mol. The Morgan fingerprint density at radius 3 is 2.95 bits per heavy atom. The molecule has 1 aromatic heterocycles. The Bertz CT molecular complexity index is 551. The van der Waals surface area contributed by atoms with Gasteiger partial charge in [-0.1, -0.05) is 0 Å². The van der Waals surface area contributed by atoms with Crippen LogP contribution in [0, 0.1) is 18.3 Å². The third kappa shape index (κ3) is 2.50. The van der Waals surface area contributed by atoms with Crippen molar-refractivity contribution in [3.8, 4) is 0 Å². The number of rotatable bonds is 3. The summed E-state index contributed by atoms with van der Waals surface area (Å²) in [6.07, 6.45) is 4.71. The first kappa shape index (κ1) is 13.7. The van der Waals surface area contributed by atoms with Crippen LogP contribution < -0.4 is 0 Å². The highest BCUT2D eigenvalue weighted by atomic mass is 32.1. The van der Waals surface area contributed by atoms with Gasteiger partial charge in [0.2, 0.25) is 5.91 Å². The van der Waals surface area contributed by atoms with Crippen LogP contribution in [0.25, 0.3) is 0 Å². The number of carbonyl (C=O) groups excluding carboxylic acids is 1. The molecule has 1 amide bonds. The van der Waals surface area contributed by atoms with E-state index in [0.29, 0.717) is 17.2 Å². The highest BCUT2D eigenvalue weighted by Crippen LogP contribution is 2.59. The molecule has 3 aliphatic rings. The van der Waals surface area contributed by atoms with Crippen LogP contribution in [0.1, 0.15) is 36.4 Å². The summed E-state index contributed by atoms with van der Waals surface area (Å²) < 4.78 is 0. The van der Waals surface area contributed by atoms with Crippen molar-refractivity contribution in [3.05, 3.63) is 16.1 Å². The van der Waals surface area contributed by atoms with E-state index in [1.807, 2.05) is 0 Å². The van der Waals surface area contributed by atoms with Gasteiger partial charge < -0.3 is 4.90 Å². The quantitative estimate of drug-likeness (QED) is 0.859. The molecule has 2 aliphatic heterocycles. The Morgan fingerprint density at radius 1 is 1.43 bits per heavy atom. The van der Waals surface area contributed by atoms with Crippen molar-refractivity contribution in [3.63, 3.8) is 0 Å². The molecule has 1 spiro atoms. The molecule has 114 valence electrons. The maximum atomic E-state index is 12.5. The summed E-state index contributed by atoms with van der Waals surface area (Å²) in [7, 11) is 0. The van der Waals surface area contributed by atoms with Gasteiger partial charge in [-0.3, -0.25) is 9.69 Å². The monoisotopic (exact) mass is 305 g/mol. The smallest absolute Gasteiger partial charge is 0.226 e. The van der Waals surface area contributed by atoms with Gasteiger partial charge in [0.25, 0.3) is 0 Å². The van der Waals surface area contributed by atoms with Crippen molar-refractivity contribution in [1.82, 2.24) is 14.8 Å². The van der Waals surface area contributed by atoms with Gasteiger partial charge in [-0.05, 0) is 44.6 Å². The van der Waals surface area contributed by atoms with Crippen LogP contribution in [0.5, 0.6) is 0 Å². The number of aryl methyl sites for hydroxylation is 1. The number of aromatic nitrogens is 1. The first-order valence-electron chi connectivity index (χ1n) is 8.08. The molecule has 5 heteroatoms. The highest BCUT2D eigenvalue weighted by molar-refractivity contribution is 7.09. The topological polar surface area (TPSA) is 36.4 Å². The van der Waals surface area contributed by atoms with Crippen molar-refractivity contribution in [2.45, 2.75) is 39.2 Å². The maximum absolute atomic E-state index is 12.5. The molecule has 0 N–H and O–H groups in total. The van der Waals surface area contributed by atoms with Gasteiger partial charge in [-0.2, -0.15) is 0 Å². The number of hydrogen-bond donors (Lipinski definition) is 0. The summed E-state index contributed by atoms with van der Waals surface area (Å²) in [5.74, 6) is 0.761. The van der Waals surface area contributed by atoms with E-state index < -0.39 is 0 Å². The summed E-state index contributed by atoms with van der Waals surface area (Å²) in [5, 5.41) is 3.31. The number of hydrogen-bond acceptors (Lipinski definition) is 4. The zero-order valence-corrected chi connectivity index (χ0v) is 13.5. The lowest BCUT2D eigenvalue weighted by Crippen LogP contribution is -2.31. The molecule has 0 radical (unpaired) electrons. The third-order valence-electron chi connectivity index (χ3n) is 5.42. The number of nitrogens with zero attached hydrogens (tertiary/aromatic N) is 3. The van der Waals surface area contributed by atoms with Crippen molar-refractivity contribution < 1.29 is 4.79 Å². The van der Waals surface area contributed by atoms with Crippen LogP contribution in [0.4, 0.5) is 0 Å². The second-order valence-electron chi connectivity index (χ2n) is 6.97. The molecule has 4 rings (SSSR count). The SMILES string of the molecule is Cc1nc(CN2CC[C@]3(C[C@H]3C(=O)N3CCCC3)C2)cs1. The number of thiazole rings is 1. The molecule has 1 saturated carbocycles. The Labute approximate surface area is 130 Å². The van der Waals surface area contributed by atoms with E-state index in [0.717, 1.165) is 44.2 Å². The van der Waals surface area contributed by atoms with E-state index in [9.17, 15) is 4.79 Å². The second-order valence-corrected chi connectivity index (χ2v) is 8.03. The zero-order chi connectivity index (χ0) is 14.4. The Kier molecular flexibility index (Phi) is 3.30. The summed E-state index contributed by atoms with van der Waals surface area (Å²) in [6, 6.07) is 0. The normalized spacial score (nSPS) is 32.2. The zero-order valence-electron chi connectivity index (χ0n) is 12.7. The molecule has 3 fully saturated rings. The lowest BCUT2D eigenvalue weighted by molar-refractivity contribution is -0.132. The summed E-state index contributed by atoms with van der Waals surface area (Å²) in [4.78, 5) is 21.7. The van der Waals surface area contributed by atoms with Crippen LogP contribution >= 0.6 is 11.3 Å². The molecule has 1 aliphatic carbocycles. The van der Waals surface area contributed by atoms with Gasteiger partial charge in [0.1, 0.15) is 0 Å². The molecule has 0 aromatic carbocycles. The van der Waals surface area contributed by atoms with Crippen LogP contribution in [0.2, 0.25) is 0 Å². The first-order valence-corrected chi connectivity index (χ1v) is 8.96. The first-order chi connectivity index (χ1) is 10.2. The van der Waals surface area contributed by atoms with Gasteiger partial charge in [0.05, 0.1) is 10.7 Å². The Hall–Kier alpha value is -0.940. The average molecular weight is 305 g/mol. The predicted octanol–water partition coefficient (Wildman–Crippen LogP) is 2.29. The molecule has 1 aromatic rings.